The second kappa shape index (κ2) is 6.74. The first-order valence-corrected chi connectivity index (χ1v) is 11.0. The number of hydrogen-bond donors (Lipinski definition) is 1. The summed E-state index contributed by atoms with van der Waals surface area (Å²) in [4.78, 5) is 35.9. The van der Waals surface area contributed by atoms with E-state index in [4.69, 9.17) is 4.74 Å². The largest absolute Gasteiger partial charge is 0.457 e. The Hall–Kier alpha value is -1.53. The number of Topliss-reactive ketones (excluding diaryl/α,β-unsaturated/α-hetero) is 1. The number of aliphatic hydroxyl groups is 1. The molecular formula is C23H27BrO5. The lowest BCUT2D eigenvalue weighted by Crippen LogP contribution is -2.65. The maximum absolute atomic E-state index is 12.8. The van der Waals surface area contributed by atoms with E-state index in [2.05, 4.69) is 29.8 Å². The minimum absolute atomic E-state index is 0.00282. The summed E-state index contributed by atoms with van der Waals surface area (Å²) in [6.45, 7) is 5.20. The summed E-state index contributed by atoms with van der Waals surface area (Å²) >= 11 is 3.99. The number of ketones is 2. The van der Waals surface area contributed by atoms with Crippen molar-refractivity contribution in [1.29, 1.82) is 0 Å². The number of rotatable bonds is 3. The van der Waals surface area contributed by atoms with Crippen molar-refractivity contribution in [2.45, 2.75) is 56.9 Å². The Morgan fingerprint density at radius 1 is 1.31 bits per heavy atom. The molecule has 4 aliphatic carbocycles. The quantitative estimate of drug-likeness (QED) is 0.512. The minimum atomic E-state index is -0.691. The maximum Gasteiger partial charge on any atom is 0.303 e. The molecule has 0 heterocycles. The summed E-state index contributed by atoms with van der Waals surface area (Å²) in [6, 6.07) is 0. The van der Waals surface area contributed by atoms with Gasteiger partial charge in [0.1, 0.15) is 0 Å². The van der Waals surface area contributed by atoms with Gasteiger partial charge in [-0.1, -0.05) is 47.5 Å². The first kappa shape index (κ1) is 20.7. The van der Waals surface area contributed by atoms with E-state index in [1.807, 2.05) is 12.2 Å². The van der Waals surface area contributed by atoms with E-state index in [1.54, 1.807) is 12.2 Å². The first-order chi connectivity index (χ1) is 13.5. The lowest BCUT2D eigenvalue weighted by molar-refractivity contribution is -0.145. The van der Waals surface area contributed by atoms with Crippen LogP contribution in [0.1, 0.15) is 46.5 Å². The third-order valence-electron chi connectivity index (χ3n) is 7.93. The zero-order valence-electron chi connectivity index (χ0n) is 17.0. The molecule has 4 rings (SSSR count). The van der Waals surface area contributed by atoms with Crippen molar-refractivity contribution in [3.8, 4) is 0 Å². The van der Waals surface area contributed by atoms with Crippen LogP contribution in [-0.4, -0.2) is 39.7 Å². The molecule has 2 fully saturated rings. The van der Waals surface area contributed by atoms with Crippen molar-refractivity contribution >= 4 is 33.5 Å². The maximum atomic E-state index is 12.8. The van der Waals surface area contributed by atoms with Gasteiger partial charge in [-0.05, 0) is 49.7 Å². The Morgan fingerprint density at radius 3 is 2.72 bits per heavy atom. The van der Waals surface area contributed by atoms with Gasteiger partial charge in [-0.15, -0.1) is 0 Å². The highest BCUT2D eigenvalue weighted by molar-refractivity contribution is 9.10. The number of halogens is 1. The smallest absolute Gasteiger partial charge is 0.303 e. The van der Waals surface area contributed by atoms with E-state index < -0.39 is 27.2 Å². The Kier molecular flexibility index (Phi) is 4.82. The third-order valence-corrected chi connectivity index (χ3v) is 9.87. The molecule has 6 heteroatoms. The van der Waals surface area contributed by atoms with Crippen LogP contribution in [0.15, 0.2) is 35.5 Å². The predicted octanol–water partition coefficient (Wildman–Crippen LogP) is 3.45. The minimum Gasteiger partial charge on any atom is -0.457 e. The first-order valence-electron chi connectivity index (χ1n) is 10.2. The van der Waals surface area contributed by atoms with Crippen LogP contribution in [0, 0.1) is 22.7 Å². The fourth-order valence-electron chi connectivity index (χ4n) is 6.46. The molecule has 0 bridgehead atoms. The molecule has 6 atom stereocenters. The van der Waals surface area contributed by atoms with Crippen LogP contribution < -0.4 is 0 Å². The summed E-state index contributed by atoms with van der Waals surface area (Å²) in [5.74, 6) is -0.300. The number of fused-ring (bicyclic) bond motifs is 5. The Bertz CT molecular complexity index is 886. The van der Waals surface area contributed by atoms with Gasteiger partial charge in [-0.2, -0.15) is 0 Å². The average Bonchev–Trinajstić information content (AvgIpc) is 2.98. The van der Waals surface area contributed by atoms with Gasteiger partial charge >= 0.3 is 5.97 Å². The topological polar surface area (TPSA) is 80.7 Å². The SMILES string of the molecule is CC(=O)OCC(=O)C1=CCC2C3CCC4=CC(=O)C=C[C@]4(C)[C@@]3(Br)[C@@H](O)C[C@]12C. The summed E-state index contributed by atoms with van der Waals surface area (Å²) in [5, 5.41) is 11.4. The second-order valence-corrected chi connectivity index (χ2v) is 10.6. The molecule has 156 valence electrons. The monoisotopic (exact) mass is 462 g/mol. The van der Waals surface area contributed by atoms with Gasteiger partial charge in [-0.3, -0.25) is 14.4 Å². The van der Waals surface area contributed by atoms with Gasteiger partial charge < -0.3 is 9.84 Å². The second-order valence-electron chi connectivity index (χ2n) is 9.32. The van der Waals surface area contributed by atoms with E-state index in [0.717, 1.165) is 24.8 Å². The highest BCUT2D eigenvalue weighted by atomic mass is 79.9. The molecular weight excluding hydrogens is 436 g/mol. The fraction of sp³-hybridized carbons (Fsp3) is 0.609. The zero-order valence-corrected chi connectivity index (χ0v) is 18.6. The molecule has 0 aliphatic heterocycles. The van der Waals surface area contributed by atoms with Crippen LogP contribution >= 0.6 is 15.9 Å². The summed E-state index contributed by atoms with van der Waals surface area (Å²) in [5.41, 5.74) is 0.843. The van der Waals surface area contributed by atoms with Crippen molar-refractivity contribution in [2.75, 3.05) is 6.61 Å². The zero-order chi connectivity index (χ0) is 21.2. The Labute approximate surface area is 179 Å². The van der Waals surface area contributed by atoms with Gasteiger partial charge in [0, 0.05) is 23.3 Å². The van der Waals surface area contributed by atoms with E-state index in [9.17, 15) is 19.5 Å². The highest BCUT2D eigenvalue weighted by Gasteiger charge is 2.67. The van der Waals surface area contributed by atoms with Gasteiger partial charge in [0.05, 0.1) is 10.4 Å². The molecule has 1 N–H and O–H groups in total. The van der Waals surface area contributed by atoms with Gasteiger partial charge in [0.15, 0.2) is 18.2 Å². The standard InChI is InChI=1S/C23H27BrO5/c1-13(25)29-12-19(27)18-7-6-16-17-5-4-14-10-15(26)8-9-22(14,3)23(17,24)20(28)11-21(16,18)2/h7-10,16-17,20,28H,4-6,11-12H2,1-3H3/t16?,17?,20-,21-,22-,23-/m0/s1. The summed E-state index contributed by atoms with van der Waals surface area (Å²) < 4.78 is 4.35. The number of ether oxygens (including phenoxy) is 1. The highest BCUT2D eigenvalue weighted by Crippen LogP contribution is 2.69. The van der Waals surface area contributed by atoms with Crippen molar-refractivity contribution in [3.05, 3.63) is 35.5 Å². The molecule has 0 amide bonds. The van der Waals surface area contributed by atoms with Gasteiger partial charge in [-0.25, -0.2) is 0 Å². The van der Waals surface area contributed by atoms with Crippen LogP contribution in [0.5, 0.6) is 0 Å². The molecule has 5 nitrogen and oxygen atoms in total. The number of hydrogen-bond acceptors (Lipinski definition) is 5. The van der Waals surface area contributed by atoms with Crippen LogP contribution in [0.2, 0.25) is 0 Å². The van der Waals surface area contributed by atoms with Gasteiger partial charge in [0.25, 0.3) is 0 Å². The summed E-state index contributed by atoms with van der Waals surface area (Å²) in [7, 11) is 0. The number of carbonyl (C=O) groups excluding carboxylic acids is 3. The van der Waals surface area contributed by atoms with Crippen molar-refractivity contribution in [1.82, 2.24) is 0 Å². The molecule has 2 saturated carbocycles. The number of carbonyl (C=O) groups is 3. The Morgan fingerprint density at radius 2 is 2.03 bits per heavy atom. The molecule has 0 saturated heterocycles. The van der Waals surface area contributed by atoms with E-state index in [-0.39, 0.29) is 30.0 Å². The normalized spacial score (nSPS) is 42.9. The summed E-state index contributed by atoms with van der Waals surface area (Å²) in [6.07, 6.45) is 9.44. The van der Waals surface area contributed by atoms with E-state index >= 15 is 0 Å². The molecule has 0 aromatic rings. The molecule has 4 aliphatic rings. The number of allylic oxidation sites excluding steroid dienone is 5. The lowest BCUT2D eigenvalue weighted by Gasteiger charge is -2.63. The van der Waals surface area contributed by atoms with E-state index in [0.29, 0.717) is 12.0 Å². The molecule has 0 aromatic heterocycles. The van der Waals surface area contributed by atoms with Crippen LogP contribution in [0.3, 0.4) is 0 Å². The van der Waals surface area contributed by atoms with E-state index in [1.165, 1.54) is 6.92 Å². The molecule has 0 aromatic carbocycles. The molecule has 0 radical (unpaired) electrons. The van der Waals surface area contributed by atoms with Crippen molar-refractivity contribution in [3.63, 3.8) is 0 Å². The fourth-order valence-corrected chi connectivity index (χ4v) is 7.56. The Balaban J connectivity index is 1.68. The molecule has 29 heavy (non-hydrogen) atoms. The number of aliphatic hydroxyl groups excluding tert-OH is 1. The van der Waals surface area contributed by atoms with Crippen LogP contribution in [0.25, 0.3) is 0 Å². The number of alkyl halides is 1. The lowest BCUT2D eigenvalue weighted by atomic mass is 9.46. The third kappa shape index (κ3) is 2.78. The van der Waals surface area contributed by atoms with Crippen molar-refractivity contribution < 1.29 is 24.2 Å². The molecule has 0 spiro atoms. The average molecular weight is 463 g/mol. The van der Waals surface area contributed by atoms with Crippen LogP contribution in [-0.2, 0) is 19.1 Å². The predicted molar refractivity (Wildman–Crippen MR) is 111 cm³/mol. The van der Waals surface area contributed by atoms with Crippen LogP contribution in [0.4, 0.5) is 0 Å². The van der Waals surface area contributed by atoms with Crippen molar-refractivity contribution in [2.24, 2.45) is 22.7 Å². The van der Waals surface area contributed by atoms with Gasteiger partial charge in [0.2, 0.25) is 0 Å². The number of esters is 1. The molecule has 2 unspecified atom stereocenters.